The first kappa shape index (κ1) is 10.4. The van der Waals surface area contributed by atoms with Crippen molar-refractivity contribution >= 4 is 0 Å². The minimum atomic E-state index is 0.215. The molecule has 0 spiro atoms. The number of hydrogen-bond acceptors (Lipinski definition) is 2. The smallest absolute Gasteiger partial charge is 0.115 e. The van der Waals surface area contributed by atoms with Crippen LogP contribution in [-0.4, -0.2) is 11.7 Å². The van der Waals surface area contributed by atoms with Crippen molar-refractivity contribution in [2.45, 2.75) is 12.8 Å². The standard InChI is InChI=1S/C15H15NO/c1-9-2-4-11-12-5-3-10(17)7-14(12)15(8-16)13(11)6-9/h2-7,15,17H,8,16H2,1H3. The van der Waals surface area contributed by atoms with E-state index in [4.69, 9.17) is 5.73 Å². The second-order valence-corrected chi connectivity index (χ2v) is 4.65. The van der Waals surface area contributed by atoms with Crippen LogP contribution in [0.2, 0.25) is 0 Å². The maximum absolute atomic E-state index is 9.60. The van der Waals surface area contributed by atoms with Crippen molar-refractivity contribution in [2.24, 2.45) is 5.73 Å². The molecule has 0 heterocycles. The van der Waals surface area contributed by atoms with Gasteiger partial charge in [-0.3, -0.25) is 0 Å². The lowest BCUT2D eigenvalue weighted by atomic mass is 9.96. The van der Waals surface area contributed by atoms with Crippen molar-refractivity contribution in [2.75, 3.05) is 6.54 Å². The van der Waals surface area contributed by atoms with Crippen LogP contribution in [0, 0.1) is 6.92 Å². The second kappa shape index (κ2) is 3.60. The fourth-order valence-electron chi connectivity index (χ4n) is 2.72. The molecule has 1 aliphatic rings. The molecule has 17 heavy (non-hydrogen) atoms. The second-order valence-electron chi connectivity index (χ2n) is 4.65. The number of fused-ring (bicyclic) bond motifs is 3. The summed E-state index contributed by atoms with van der Waals surface area (Å²) in [5.74, 6) is 0.527. The Balaban J connectivity index is 2.28. The lowest BCUT2D eigenvalue weighted by molar-refractivity contribution is 0.474. The molecule has 2 aromatic carbocycles. The minimum absolute atomic E-state index is 0.215. The van der Waals surface area contributed by atoms with Gasteiger partial charge in [0.2, 0.25) is 0 Å². The van der Waals surface area contributed by atoms with Crippen LogP contribution in [0.3, 0.4) is 0 Å². The maximum atomic E-state index is 9.60. The average molecular weight is 225 g/mol. The zero-order valence-electron chi connectivity index (χ0n) is 9.77. The topological polar surface area (TPSA) is 46.2 Å². The molecule has 0 bridgehead atoms. The summed E-state index contributed by atoms with van der Waals surface area (Å²) < 4.78 is 0. The molecule has 0 saturated carbocycles. The van der Waals surface area contributed by atoms with Gasteiger partial charge in [0.15, 0.2) is 0 Å². The van der Waals surface area contributed by atoms with E-state index < -0.39 is 0 Å². The van der Waals surface area contributed by atoms with Crippen molar-refractivity contribution in [3.05, 3.63) is 53.1 Å². The van der Waals surface area contributed by atoms with Crippen LogP contribution >= 0.6 is 0 Å². The summed E-state index contributed by atoms with van der Waals surface area (Å²) in [6, 6.07) is 12.0. The molecule has 3 N–H and O–H groups in total. The van der Waals surface area contributed by atoms with Gasteiger partial charge in [-0.1, -0.05) is 29.8 Å². The third-order valence-electron chi connectivity index (χ3n) is 3.52. The van der Waals surface area contributed by atoms with Crippen LogP contribution in [0.15, 0.2) is 36.4 Å². The highest BCUT2D eigenvalue weighted by atomic mass is 16.3. The van der Waals surface area contributed by atoms with Crippen molar-refractivity contribution in [1.29, 1.82) is 0 Å². The molecule has 3 rings (SSSR count). The molecule has 0 amide bonds. The van der Waals surface area contributed by atoms with E-state index in [9.17, 15) is 5.11 Å². The molecular formula is C15H15NO. The molecule has 0 fully saturated rings. The number of phenolic OH excluding ortho intramolecular Hbond substituents is 1. The number of benzene rings is 2. The first-order chi connectivity index (χ1) is 8.20. The van der Waals surface area contributed by atoms with Gasteiger partial charge >= 0.3 is 0 Å². The fraction of sp³-hybridized carbons (Fsp3) is 0.200. The Kier molecular flexibility index (Phi) is 2.20. The zero-order valence-corrected chi connectivity index (χ0v) is 9.77. The van der Waals surface area contributed by atoms with Gasteiger partial charge in [0.1, 0.15) is 5.75 Å². The molecule has 1 unspecified atom stereocenters. The van der Waals surface area contributed by atoms with Crippen LogP contribution in [-0.2, 0) is 0 Å². The largest absolute Gasteiger partial charge is 0.508 e. The lowest BCUT2D eigenvalue weighted by Gasteiger charge is -2.10. The average Bonchev–Trinajstić information content (AvgIpc) is 2.60. The summed E-state index contributed by atoms with van der Waals surface area (Å²) in [7, 11) is 0. The zero-order chi connectivity index (χ0) is 12.0. The van der Waals surface area contributed by atoms with Gasteiger partial charge in [0, 0.05) is 12.5 Å². The molecule has 2 nitrogen and oxygen atoms in total. The molecule has 0 aliphatic heterocycles. The van der Waals surface area contributed by atoms with Gasteiger partial charge in [-0.2, -0.15) is 0 Å². The van der Waals surface area contributed by atoms with Gasteiger partial charge < -0.3 is 10.8 Å². The van der Waals surface area contributed by atoms with Gasteiger partial charge in [0.05, 0.1) is 0 Å². The molecule has 2 heteroatoms. The van der Waals surface area contributed by atoms with E-state index in [2.05, 4.69) is 25.1 Å². The molecular weight excluding hydrogens is 210 g/mol. The van der Waals surface area contributed by atoms with Gasteiger partial charge in [-0.05, 0) is 41.3 Å². The summed E-state index contributed by atoms with van der Waals surface area (Å²) in [5.41, 5.74) is 12.0. The number of aromatic hydroxyl groups is 1. The van der Waals surface area contributed by atoms with E-state index >= 15 is 0 Å². The number of aryl methyl sites for hydroxylation is 1. The highest BCUT2D eigenvalue weighted by Crippen LogP contribution is 2.45. The first-order valence-electron chi connectivity index (χ1n) is 5.84. The van der Waals surface area contributed by atoms with Crippen LogP contribution in [0.4, 0.5) is 0 Å². The summed E-state index contributed by atoms with van der Waals surface area (Å²) in [4.78, 5) is 0. The molecule has 1 atom stereocenters. The van der Waals surface area contributed by atoms with Crippen LogP contribution < -0.4 is 5.73 Å². The Morgan fingerprint density at radius 2 is 1.71 bits per heavy atom. The SMILES string of the molecule is Cc1ccc2c(c1)C(CN)c1cc(O)ccc1-2. The first-order valence-corrected chi connectivity index (χ1v) is 5.84. The number of hydrogen-bond donors (Lipinski definition) is 2. The predicted octanol–water partition coefficient (Wildman–Crippen LogP) is 2.77. The van der Waals surface area contributed by atoms with Crippen LogP contribution in [0.1, 0.15) is 22.6 Å². The molecule has 2 aromatic rings. The number of nitrogens with two attached hydrogens (primary N) is 1. The molecule has 86 valence electrons. The van der Waals surface area contributed by atoms with Crippen LogP contribution in [0.25, 0.3) is 11.1 Å². The van der Waals surface area contributed by atoms with Gasteiger partial charge in [-0.25, -0.2) is 0 Å². The monoisotopic (exact) mass is 225 g/mol. The quantitative estimate of drug-likeness (QED) is 0.784. The van der Waals surface area contributed by atoms with E-state index in [1.807, 2.05) is 12.1 Å². The summed E-state index contributed by atoms with van der Waals surface area (Å²) in [5, 5.41) is 9.60. The van der Waals surface area contributed by atoms with E-state index in [1.165, 1.54) is 22.3 Å². The van der Waals surface area contributed by atoms with E-state index in [0.717, 1.165) is 5.56 Å². The van der Waals surface area contributed by atoms with Gasteiger partial charge in [0.25, 0.3) is 0 Å². The summed E-state index contributed by atoms with van der Waals surface area (Å²) in [6.07, 6.45) is 0. The molecule has 0 saturated heterocycles. The Morgan fingerprint density at radius 3 is 2.41 bits per heavy atom. The Bertz CT molecular complexity index is 538. The Labute approximate surface area is 101 Å². The molecule has 0 radical (unpaired) electrons. The van der Waals surface area contributed by atoms with Crippen molar-refractivity contribution in [1.82, 2.24) is 0 Å². The van der Waals surface area contributed by atoms with E-state index in [0.29, 0.717) is 12.3 Å². The van der Waals surface area contributed by atoms with E-state index in [-0.39, 0.29) is 5.92 Å². The van der Waals surface area contributed by atoms with Crippen LogP contribution in [0.5, 0.6) is 5.75 Å². The summed E-state index contributed by atoms with van der Waals surface area (Å²) in [6.45, 7) is 2.67. The molecule has 0 aromatic heterocycles. The molecule has 1 aliphatic carbocycles. The highest BCUT2D eigenvalue weighted by molar-refractivity contribution is 5.79. The number of phenols is 1. The van der Waals surface area contributed by atoms with E-state index in [1.54, 1.807) is 6.07 Å². The maximum Gasteiger partial charge on any atom is 0.115 e. The van der Waals surface area contributed by atoms with Crippen molar-refractivity contribution in [3.63, 3.8) is 0 Å². The van der Waals surface area contributed by atoms with Crippen molar-refractivity contribution < 1.29 is 5.11 Å². The van der Waals surface area contributed by atoms with Gasteiger partial charge in [-0.15, -0.1) is 0 Å². The fourth-order valence-corrected chi connectivity index (χ4v) is 2.72. The Morgan fingerprint density at radius 1 is 1.06 bits per heavy atom. The lowest BCUT2D eigenvalue weighted by Crippen LogP contribution is -2.11. The highest BCUT2D eigenvalue weighted by Gasteiger charge is 2.27. The third-order valence-corrected chi connectivity index (χ3v) is 3.52. The predicted molar refractivity (Wildman–Crippen MR) is 69.2 cm³/mol. The van der Waals surface area contributed by atoms with Crippen molar-refractivity contribution in [3.8, 4) is 16.9 Å². The number of rotatable bonds is 1. The Hall–Kier alpha value is -1.80. The summed E-state index contributed by atoms with van der Waals surface area (Å²) >= 11 is 0. The third kappa shape index (κ3) is 1.45. The minimum Gasteiger partial charge on any atom is -0.508 e. The normalized spacial score (nSPS) is 16.7.